The van der Waals surface area contributed by atoms with Crippen molar-refractivity contribution >= 4 is 11.8 Å². The number of ether oxygens (including phenoxy) is 1. The molecule has 3 rings (SSSR count). The van der Waals surface area contributed by atoms with Crippen LogP contribution in [-0.2, 0) is 9.59 Å². The zero-order chi connectivity index (χ0) is 19.6. The molecule has 154 valence electrons. The molecule has 5 nitrogen and oxygen atoms in total. The van der Waals surface area contributed by atoms with Gasteiger partial charge in [-0.1, -0.05) is 50.3 Å². The van der Waals surface area contributed by atoms with Crippen molar-refractivity contribution in [1.82, 2.24) is 10.2 Å². The van der Waals surface area contributed by atoms with Crippen molar-refractivity contribution in [3.63, 3.8) is 0 Å². The summed E-state index contributed by atoms with van der Waals surface area (Å²) in [7, 11) is 0. The van der Waals surface area contributed by atoms with E-state index in [1.165, 1.54) is 32.1 Å². The van der Waals surface area contributed by atoms with E-state index >= 15 is 0 Å². The lowest BCUT2D eigenvalue weighted by molar-refractivity contribution is -0.132. The summed E-state index contributed by atoms with van der Waals surface area (Å²) in [6, 6.07) is 9.79. The number of carbonyl (C=O) groups is 2. The number of nitrogens with zero attached hydrogens (tertiary/aromatic N) is 1. The summed E-state index contributed by atoms with van der Waals surface area (Å²) in [5.74, 6) is 1.87. The number of rotatable bonds is 8. The summed E-state index contributed by atoms with van der Waals surface area (Å²) in [6.07, 6.45) is 10.4. The van der Waals surface area contributed by atoms with Gasteiger partial charge in [0.05, 0.1) is 13.0 Å². The third kappa shape index (κ3) is 6.84. The second kappa shape index (κ2) is 11.1. The maximum atomic E-state index is 12.4. The first-order valence-corrected chi connectivity index (χ1v) is 11.0. The molecule has 1 aromatic rings. The number of hydrogen-bond acceptors (Lipinski definition) is 3. The maximum Gasteiger partial charge on any atom is 0.225 e. The van der Waals surface area contributed by atoms with Gasteiger partial charge >= 0.3 is 0 Å². The van der Waals surface area contributed by atoms with Gasteiger partial charge in [-0.2, -0.15) is 0 Å². The molecule has 2 aliphatic rings. The zero-order valence-electron chi connectivity index (χ0n) is 16.9. The molecule has 0 unspecified atom stereocenters. The Balaban J connectivity index is 1.28. The molecule has 5 heteroatoms. The predicted octanol–water partition coefficient (Wildman–Crippen LogP) is 3.92. The predicted molar refractivity (Wildman–Crippen MR) is 110 cm³/mol. The largest absolute Gasteiger partial charge is 0.493 e. The SMILES string of the molecule is O=C(CCC1CCCCC1)NC1CCN(C(=O)CCOc2ccccc2)CC1. The molecule has 0 radical (unpaired) electrons. The molecule has 0 bridgehead atoms. The van der Waals surface area contributed by atoms with Crippen molar-refractivity contribution in [3.05, 3.63) is 30.3 Å². The van der Waals surface area contributed by atoms with E-state index in [1.54, 1.807) is 0 Å². The topological polar surface area (TPSA) is 58.6 Å². The van der Waals surface area contributed by atoms with Gasteiger partial charge in [0.2, 0.25) is 11.8 Å². The molecule has 0 spiro atoms. The van der Waals surface area contributed by atoms with Crippen molar-refractivity contribution in [2.45, 2.75) is 70.3 Å². The highest BCUT2D eigenvalue weighted by Crippen LogP contribution is 2.27. The van der Waals surface area contributed by atoms with Crippen LogP contribution in [0.15, 0.2) is 30.3 Å². The van der Waals surface area contributed by atoms with Gasteiger partial charge in [-0.15, -0.1) is 0 Å². The lowest BCUT2D eigenvalue weighted by atomic mass is 9.86. The normalized spacial score (nSPS) is 18.6. The standard InChI is InChI=1S/C23H34N2O3/c26-22(12-11-19-7-3-1-4-8-19)24-20-13-16-25(17-14-20)23(27)15-18-28-21-9-5-2-6-10-21/h2,5-6,9-10,19-20H,1,3-4,7-8,11-18H2,(H,24,26). The highest BCUT2D eigenvalue weighted by molar-refractivity contribution is 5.77. The van der Waals surface area contributed by atoms with Gasteiger partial charge in [0, 0.05) is 25.6 Å². The summed E-state index contributed by atoms with van der Waals surface area (Å²) in [5, 5.41) is 3.18. The van der Waals surface area contributed by atoms with Gasteiger partial charge in [-0.25, -0.2) is 0 Å². The fraction of sp³-hybridized carbons (Fsp3) is 0.652. The summed E-state index contributed by atoms with van der Waals surface area (Å²) in [4.78, 5) is 26.5. The number of amides is 2. The number of carbonyl (C=O) groups excluding carboxylic acids is 2. The third-order valence-electron chi connectivity index (χ3n) is 6.05. The monoisotopic (exact) mass is 386 g/mol. The molecule has 1 aliphatic heterocycles. The van der Waals surface area contributed by atoms with E-state index in [9.17, 15) is 9.59 Å². The first-order chi connectivity index (χ1) is 13.7. The van der Waals surface area contributed by atoms with Crippen molar-refractivity contribution in [2.24, 2.45) is 5.92 Å². The minimum absolute atomic E-state index is 0.137. The van der Waals surface area contributed by atoms with Crippen LogP contribution in [0.25, 0.3) is 0 Å². The quantitative estimate of drug-likeness (QED) is 0.737. The van der Waals surface area contributed by atoms with Crippen LogP contribution < -0.4 is 10.1 Å². The summed E-state index contributed by atoms with van der Waals surface area (Å²) in [6.45, 7) is 1.84. The molecular weight excluding hydrogens is 352 g/mol. The van der Waals surface area contributed by atoms with Crippen molar-refractivity contribution < 1.29 is 14.3 Å². The Bertz CT molecular complexity index is 606. The molecule has 0 atom stereocenters. The highest BCUT2D eigenvalue weighted by Gasteiger charge is 2.24. The van der Waals surface area contributed by atoms with E-state index in [0.717, 1.165) is 44.0 Å². The Morgan fingerprint density at radius 1 is 0.964 bits per heavy atom. The first kappa shape index (κ1) is 20.7. The summed E-state index contributed by atoms with van der Waals surface area (Å²) in [5.41, 5.74) is 0. The van der Waals surface area contributed by atoms with E-state index < -0.39 is 0 Å². The van der Waals surface area contributed by atoms with Gasteiger partial charge in [0.1, 0.15) is 5.75 Å². The number of nitrogens with one attached hydrogen (secondary N) is 1. The second-order valence-electron chi connectivity index (χ2n) is 8.18. The molecule has 1 saturated heterocycles. The second-order valence-corrected chi connectivity index (χ2v) is 8.18. The Morgan fingerprint density at radius 2 is 1.68 bits per heavy atom. The van der Waals surface area contributed by atoms with Crippen LogP contribution >= 0.6 is 0 Å². The molecule has 1 aromatic carbocycles. The van der Waals surface area contributed by atoms with Gasteiger partial charge in [-0.05, 0) is 37.3 Å². The van der Waals surface area contributed by atoms with E-state index in [0.29, 0.717) is 19.4 Å². The van der Waals surface area contributed by atoms with E-state index in [4.69, 9.17) is 4.74 Å². The Hall–Kier alpha value is -2.04. The number of hydrogen-bond donors (Lipinski definition) is 1. The van der Waals surface area contributed by atoms with Crippen LogP contribution in [0.2, 0.25) is 0 Å². The third-order valence-corrected chi connectivity index (χ3v) is 6.05. The first-order valence-electron chi connectivity index (χ1n) is 11.0. The van der Waals surface area contributed by atoms with Crippen LogP contribution in [0, 0.1) is 5.92 Å². The maximum absolute atomic E-state index is 12.4. The fourth-order valence-corrected chi connectivity index (χ4v) is 4.32. The van der Waals surface area contributed by atoms with E-state index in [2.05, 4.69) is 5.32 Å². The lowest BCUT2D eigenvalue weighted by Gasteiger charge is -2.32. The molecule has 0 aromatic heterocycles. The minimum atomic E-state index is 0.137. The highest BCUT2D eigenvalue weighted by atomic mass is 16.5. The Labute approximate surface area is 168 Å². The van der Waals surface area contributed by atoms with Crippen molar-refractivity contribution in [3.8, 4) is 5.75 Å². The molecule has 1 heterocycles. The molecule has 2 fully saturated rings. The lowest BCUT2D eigenvalue weighted by Crippen LogP contribution is -2.46. The molecule has 1 aliphatic carbocycles. The molecular formula is C23H34N2O3. The van der Waals surface area contributed by atoms with Gasteiger partial charge in [0.15, 0.2) is 0 Å². The van der Waals surface area contributed by atoms with Crippen LogP contribution in [0.1, 0.15) is 64.2 Å². The zero-order valence-corrected chi connectivity index (χ0v) is 16.9. The smallest absolute Gasteiger partial charge is 0.225 e. The summed E-state index contributed by atoms with van der Waals surface area (Å²) >= 11 is 0. The number of para-hydroxylation sites is 1. The van der Waals surface area contributed by atoms with Gasteiger partial charge in [-0.3, -0.25) is 9.59 Å². The van der Waals surface area contributed by atoms with E-state index in [1.807, 2.05) is 35.2 Å². The summed E-state index contributed by atoms with van der Waals surface area (Å²) < 4.78 is 5.61. The van der Waals surface area contributed by atoms with Gasteiger partial charge in [0.25, 0.3) is 0 Å². The minimum Gasteiger partial charge on any atom is -0.493 e. The molecule has 28 heavy (non-hydrogen) atoms. The molecule has 1 saturated carbocycles. The average Bonchev–Trinajstić information content (AvgIpc) is 2.74. The molecule has 1 N–H and O–H groups in total. The number of piperidine rings is 1. The van der Waals surface area contributed by atoms with Crippen molar-refractivity contribution in [2.75, 3.05) is 19.7 Å². The number of likely N-dealkylation sites (tertiary alicyclic amines) is 1. The fourth-order valence-electron chi connectivity index (χ4n) is 4.32. The average molecular weight is 387 g/mol. The van der Waals surface area contributed by atoms with Crippen LogP contribution in [0.3, 0.4) is 0 Å². The Morgan fingerprint density at radius 3 is 2.39 bits per heavy atom. The van der Waals surface area contributed by atoms with Crippen LogP contribution in [0.5, 0.6) is 5.75 Å². The van der Waals surface area contributed by atoms with Gasteiger partial charge < -0.3 is 15.0 Å². The number of benzene rings is 1. The van der Waals surface area contributed by atoms with Crippen LogP contribution in [0.4, 0.5) is 0 Å². The van der Waals surface area contributed by atoms with E-state index in [-0.39, 0.29) is 17.9 Å². The molecule has 2 amide bonds. The van der Waals surface area contributed by atoms with Crippen LogP contribution in [-0.4, -0.2) is 42.5 Å². The Kier molecular flexibility index (Phi) is 8.19. The van der Waals surface area contributed by atoms with Crippen molar-refractivity contribution in [1.29, 1.82) is 0 Å².